The van der Waals surface area contributed by atoms with Gasteiger partial charge in [-0.05, 0) is 62.9 Å². The number of hydrogen-bond donors (Lipinski definition) is 1. The van der Waals surface area contributed by atoms with Crippen molar-refractivity contribution in [3.63, 3.8) is 0 Å². The normalized spacial score (nSPS) is 15.5. The Bertz CT molecular complexity index is 1210. The topological polar surface area (TPSA) is 93.6 Å². The smallest absolute Gasteiger partial charge is 0.410 e. The zero-order valence-electron chi connectivity index (χ0n) is 18.2. The number of carbonyl (C=O) groups is 2. The maximum atomic E-state index is 12.4. The van der Waals surface area contributed by atoms with Gasteiger partial charge in [0.2, 0.25) is 11.8 Å². The molecule has 32 heavy (non-hydrogen) atoms. The first-order valence-corrected chi connectivity index (χ1v) is 11.4. The Balaban J connectivity index is 1.27. The summed E-state index contributed by atoms with van der Waals surface area (Å²) >= 11 is 1.33. The number of amides is 2. The number of pyridine rings is 1. The van der Waals surface area contributed by atoms with Gasteiger partial charge in [0.15, 0.2) is 5.13 Å². The van der Waals surface area contributed by atoms with Crippen LogP contribution in [0.3, 0.4) is 0 Å². The summed E-state index contributed by atoms with van der Waals surface area (Å²) in [6.45, 7) is 6.57. The number of fused-ring (bicyclic) bond motifs is 2. The number of aromatic nitrogens is 2. The summed E-state index contributed by atoms with van der Waals surface area (Å²) in [5, 5.41) is 3.42. The quantitative estimate of drug-likeness (QED) is 0.593. The Kier molecular flexibility index (Phi) is 5.00. The second kappa shape index (κ2) is 7.74. The van der Waals surface area contributed by atoms with Crippen LogP contribution >= 0.6 is 11.3 Å². The fourth-order valence-electron chi connectivity index (χ4n) is 3.47. The van der Waals surface area contributed by atoms with Crippen LogP contribution in [0.5, 0.6) is 11.6 Å². The Morgan fingerprint density at radius 2 is 1.88 bits per heavy atom. The van der Waals surface area contributed by atoms with E-state index in [2.05, 4.69) is 15.3 Å². The third-order valence-corrected chi connectivity index (χ3v) is 6.06. The number of thiazole rings is 1. The molecule has 0 bridgehead atoms. The maximum absolute atomic E-state index is 12.4. The highest BCUT2D eigenvalue weighted by Crippen LogP contribution is 2.33. The summed E-state index contributed by atoms with van der Waals surface area (Å²) in [6.07, 6.45) is 1.57. The molecule has 1 fully saturated rings. The van der Waals surface area contributed by atoms with Crippen molar-refractivity contribution in [1.82, 2.24) is 14.9 Å². The Labute approximate surface area is 189 Å². The molecule has 1 aliphatic carbocycles. The molecule has 3 aromatic rings. The summed E-state index contributed by atoms with van der Waals surface area (Å²) in [5.41, 5.74) is 2.29. The second-order valence-corrected chi connectivity index (χ2v) is 10.1. The summed E-state index contributed by atoms with van der Waals surface area (Å²) in [6, 6.07) is 9.36. The lowest BCUT2D eigenvalue weighted by atomic mass is 10.1. The molecule has 2 amide bonds. The minimum Gasteiger partial charge on any atom is -0.444 e. The van der Waals surface area contributed by atoms with Crippen molar-refractivity contribution in [2.24, 2.45) is 5.92 Å². The molecule has 0 atom stereocenters. The van der Waals surface area contributed by atoms with Gasteiger partial charge >= 0.3 is 6.09 Å². The molecule has 8 nitrogen and oxygen atoms in total. The summed E-state index contributed by atoms with van der Waals surface area (Å²) in [7, 11) is 0. The first kappa shape index (κ1) is 20.7. The van der Waals surface area contributed by atoms with Gasteiger partial charge in [-0.2, -0.15) is 0 Å². The summed E-state index contributed by atoms with van der Waals surface area (Å²) < 4.78 is 11.4. The highest BCUT2D eigenvalue weighted by atomic mass is 32.1. The van der Waals surface area contributed by atoms with Gasteiger partial charge in [0.1, 0.15) is 21.7 Å². The maximum Gasteiger partial charge on any atom is 0.410 e. The number of benzene rings is 1. The molecule has 2 aromatic heterocycles. The van der Waals surface area contributed by atoms with Crippen LogP contribution in [-0.2, 0) is 22.6 Å². The van der Waals surface area contributed by atoms with E-state index in [1.165, 1.54) is 11.3 Å². The monoisotopic (exact) mass is 452 g/mol. The van der Waals surface area contributed by atoms with Gasteiger partial charge in [-0.15, -0.1) is 0 Å². The van der Waals surface area contributed by atoms with Crippen LogP contribution in [0.4, 0.5) is 9.93 Å². The van der Waals surface area contributed by atoms with E-state index in [1.54, 1.807) is 11.0 Å². The van der Waals surface area contributed by atoms with Crippen molar-refractivity contribution in [2.45, 2.75) is 52.3 Å². The average Bonchev–Trinajstić information content (AvgIpc) is 3.36. The van der Waals surface area contributed by atoms with E-state index in [0.717, 1.165) is 29.5 Å². The molecular formula is C23H24N4O4S. The lowest BCUT2D eigenvalue weighted by Gasteiger charge is -2.24. The molecule has 1 N–H and O–H groups in total. The molecule has 166 valence electrons. The fraction of sp³-hybridized carbons (Fsp3) is 0.391. The van der Waals surface area contributed by atoms with Gasteiger partial charge in [0.05, 0.1) is 0 Å². The number of anilines is 1. The SMILES string of the molecule is CC(C)(C)OC(=O)N1Cc2ccc(Oc3ccc4nc(NC(=O)C5CC5)sc4n3)cc2C1. The van der Waals surface area contributed by atoms with Crippen LogP contribution in [-0.4, -0.2) is 32.5 Å². The van der Waals surface area contributed by atoms with Crippen LogP contribution in [0.1, 0.15) is 44.7 Å². The first-order chi connectivity index (χ1) is 15.2. The first-order valence-electron chi connectivity index (χ1n) is 10.6. The lowest BCUT2D eigenvalue weighted by Crippen LogP contribution is -2.33. The van der Waals surface area contributed by atoms with Crippen LogP contribution in [0.2, 0.25) is 0 Å². The van der Waals surface area contributed by atoms with Gasteiger partial charge in [-0.1, -0.05) is 17.4 Å². The van der Waals surface area contributed by atoms with Crippen molar-refractivity contribution in [3.05, 3.63) is 41.5 Å². The minimum atomic E-state index is -0.526. The zero-order valence-corrected chi connectivity index (χ0v) is 19.0. The van der Waals surface area contributed by atoms with Crippen molar-refractivity contribution in [3.8, 4) is 11.6 Å². The molecule has 0 unspecified atom stereocenters. The highest BCUT2D eigenvalue weighted by Gasteiger charge is 2.30. The fourth-order valence-corrected chi connectivity index (χ4v) is 4.31. The van der Waals surface area contributed by atoms with E-state index in [1.807, 2.05) is 45.0 Å². The van der Waals surface area contributed by atoms with Crippen molar-refractivity contribution in [2.75, 3.05) is 5.32 Å². The number of rotatable bonds is 4. The number of ether oxygens (including phenoxy) is 2. The number of hydrogen-bond acceptors (Lipinski definition) is 7. The molecular weight excluding hydrogens is 428 g/mol. The van der Waals surface area contributed by atoms with Crippen molar-refractivity contribution < 1.29 is 19.1 Å². The zero-order chi connectivity index (χ0) is 22.5. The Hall–Kier alpha value is -3.20. The third kappa shape index (κ3) is 4.52. The Morgan fingerprint density at radius 1 is 1.09 bits per heavy atom. The standard InChI is InChI=1S/C23H24N4O4S/c1-23(2,3)31-22(29)27-11-14-6-7-16(10-15(14)12-27)30-18-9-8-17-20(25-18)32-21(24-17)26-19(28)13-4-5-13/h6-10,13H,4-5,11-12H2,1-3H3,(H,24,26,28). The molecule has 3 heterocycles. The highest BCUT2D eigenvalue weighted by molar-refractivity contribution is 7.21. The van der Waals surface area contributed by atoms with Crippen LogP contribution in [0, 0.1) is 5.92 Å². The van der Waals surface area contributed by atoms with Crippen LogP contribution in [0.25, 0.3) is 10.3 Å². The van der Waals surface area contributed by atoms with Gasteiger partial charge in [-0.3, -0.25) is 9.69 Å². The second-order valence-electron chi connectivity index (χ2n) is 9.13. The molecule has 1 aliphatic heterocycles. The number of carbonyl (C=O) groups excluding carboxylic acids is 2. The Morgan fingerprint density at radius 3 is 2.62 bits per heavy atom. The van der Waals surface area contributed by atoms with Gasteiger partial charge in [-0.25, -0.2) is 14.8 Å². The molecule has 1 aromatic carbocycles. The van der Waals surface area contributed by atoms with Gasteiger partial charge in [0, 0.05) is 25.1 Å². The van der Waals surface area contributed by atoms with E-state index in [-0.39, 0.29) is 17.9 Å². The minimum absolute atomic E-state index is 0.0269. The van der Waals surface area contributed by atoms with E-state index in [9.17, 15) is 9.59 Å². The number of nitrogens with zero attached hydrogens (tertiary/aromatic N) is 3. The predicted octanol–water partition coefficient (Wildman–Crippen LogP) is 5.08. The van der Waals surface area contributed by atoms with E-state index in [4.69, 9.17) is 9.47 Å². The molecule has 0 spiro atoms. The lowest BCUT2D eigenvalue weighted by molar-refractivity contribution is -0.117. The summed E-state index contributed by atoms with van der Waals surface area (Å²) in [5.74, 6) is 1.25. The van der Waals surface area contributed by atoms with E-state index < -0.39 is 5.60 Å². The van der Waals surface area contributed by atoms with Gasteiger partial charge in [0.25, 0.3) is 0 Å². The molecule has 5 rings (SSSR count). The van der Waals surface area contributed by atoms with Crippen LogP contribution < -0.4 is 10.1 Å². The third-order valence-electron chi connectivity index (χ3n) is 5.18. The average molecular weight is 453 g/mol. The molecule has 2 aliphatic rings. The van der Waals surface area contributed by atoms with Crippen molar-refractivity contribution >= 4 is 38.8 Å². The van der Waals surface area contributed by atoms with Gasteiger partial charge < -0.3 is 14.8 Å². The molecule has 0 saturated heterocycles. The molecule has 0 radical (unpaired) electrons. The van der Waals surface area contributed by atoms with E-state index >= 15 is 0 Å². The van der Waals surface area contributed by atoms with Crippen LogP contribution in [0.15, 0.2) is 30.3 Å². The van der Waals surface area contributed by atoms with E-state index in [0.29, 0.717) is 34.7 Å². The van der Waals surface area contributed by atoms with Crippen molar-refractivity contribution in [1.29, 1.82) is 0 Å². The summed E-state index contributed by atoms with van der Waals surface area (Å²) in [4.78, 5) is 35.7. The largest absolute Gasteiger partial charge is 0.444 e. The predicted molar refractivity (Wildman–Crippen MR) is 121 cm³/mol. The molecule has 9 heteroatoms. The molecule has 1 saturated carbocycles. The number of nitrogens with one attached hydrogen (secondary N) is 1.